The van der Waals surface area contributed by atoms with Gasteiger partial charge in [0.05, 0.1) is 11.2 Å². The minimum absolute atomic E-state index is 0.0220. The first-order valence-electron chi connectivity index (χ1n) is 7.38. The molecule has 0 unspecified atom stereocenters. The number of pyridine rings is 1. The van der Waals surface area contributed by atoms with Gasteiger partial charge in [-0.05, 0) is 25.0 Å². The molecule has 1 aromatic heterocycles. The number of carbonyl (C=O) groups excluding carboxylic acids is 2. The lowest BCUT2D eigenvalue weighted by atomic mass is 9.89. The fourth-order valence-corrected chi connectivity index (χ4v) is 3.16. The van der Waals surface area contributed by atoms with Crippen molar-refractivity contribution in [1.29, 1.82) is 0 Å². The minimum Gasteiger partial charge on any atom is -0.365 e. The van der Waals surface area contributed by atoms with Crippen LogP contribution in [0.25, 0.3) is 0 Å². The fourth-order valence-electron chi connectivity index (χ4n) is 3.16. The molecule has 2 amide bonds. The highest BCUT2D eigenvalue weighted by atomic mass is 16.5. The number of carbonyl (C=O) groups is 2. The Hall–Kier alpha value is -2.15. The van der Waals surface area contributed by atoms with Crippen LogP contribution in [0.5, 0.6) is 0 Å². The molecule has 2 N–H and O–H groups in total. The van der Waals surface area contributed by atoms with Gasteiger partial charge in [0.25, 0.3) is 5.91 Å². The van der Waals surface area contributed by atoms with Gasteiger partial charge >= 0.3 is 0 Å². The maximum Gasteiger partial charge on any atom is 0.252 e. The van der Waals surface area contributed by atoms with E-state index in [9.17, 15) is 9.59 Å². The SMILES string of the molecule is CN1CC2(CCN(c3ncccc3C(N)=O)CC2)OCC1=O. The summed E-state index contributed by atoms with van der Waals surface area (Å²) in [5.74, 6) is 0.182. The number of aromatic nitrogens is 1. The van der Waals surface area contributed by atoms with E-state index in [0.717, 1.165) is 25.9 Å². The summed E-state index contributed by atoms with van der Waals surface area (Å²) >= 11 is 0. The molecule has 0 saturated carbocycles. The average molecular weight is 304 g/mol. The Labute approximate surface area is 129 Å². The van der Waals surface area contributed by atoms with Crippen molar-refractivity contribution in [3.05, 3.63) is 23.9 Å². The molecular weight excluding hydrogens is 284 g/mol. The Kier molecular flexibility index (Phi) is 3.74. The molecule has 118 valence electrons. The monoisotopic (exact) mass is 304 g/mol. The van der Waals surface area contributed by atoms with Crippen LogP contribution in [0, 0.1) is 0 Å². The van der Waals surface area contributed by atoms with Gasteiger partial charge in [0.1, 0.15) is 12.4 Å². The Bertz CT molecular complexity index is 596. The molecule has 0 atom stereocenters. The number of nitrogens with two attached hydrogens (primary N) is 1. The highest BCUT2D eigenvalue weighted by Crippen LogP contribution is 2.32. The molecule has 1 spiro atoms. The van der Waals surface area contributed by atoms with Gasteiger partial charge in [-0.3, -0.25) is 9.59 Å². The van der Waals surface area contributed by atoms with Crippen LogP contribution < -0.4 is 10.6 Å². The van der Waals surface area contributed by atoms with Crippen molar-refractivity contribution in [2.24, 2.45) is 5.73 Å². The normalized spacial score (nSPS) is 21.2. The van der Waals surface area contributed by atoms with E-state index in [1.165, 1.54) is 0 Å². The third kappa shape index (κ3) is 2.64. The summed E-state index contributed by atoms with van der Waals surface area (Å²) < 4.78 is 5.82. The molecule has 0 aromatic carbocycles. The third-order valence-corrected chi connectivity index (χ3v) is 4.48. The van der Waals surface area contributed by atoms with Crippen LogP contribution in [0.2, 0.25) is 0 Å². The molecule has 0 radical (unpaired) electrons. The summed E-state index contributed by atoms with van der Waals surface area (Å²) in [6.07, 6.45) is 3.24. The van der Waals surface area contributed by atoms with Gasteiger partial charge in [-0.25, -0.2) is 4.98 Å². The van der Waals surface area contributed by atoms with Gasteiger partial charge in [0, 0.05) is 32.9 Å². The third-order valence-electron chi connectivity index (χ3n) is 4.48. The van der Waals surface area contributed by atoms with Crippen LogP contribution >= 0.6 is 0 Å². The van der Waals surface area contributed by atoms with Gasteiger partial charge in [-0.1, -0.05) is 0 Å². The van der Waals surface area contributed by atoms with Crippen molar-refractivity contribution in [2.45, 2.75) is 18.4 Å². The number of morpholine rings is 1. The zero-order chi connectivity index (χ0) is 15.7. The number of piperidine rings is 1. The Morgan fingerprint density at radius 1 is 1.41 bits per heavy atom. The number of nitrogens with zero attached hydrogens (tertiary/aromatic N) is 3. The Morgan fingerprint density at radius 3 is 2.77 bits per heavy atom. The van der Waals surface area contributed by atoms with Gasteiger partial charge in [-0.2, -0.15) is 0 Å². The van der Waals surface area contributed by atoms with Crippen LogP contribution in [0.15, 0.2) is 18.3 Å². The minimum atomic E-state index is -0.470. The molecule has 3 heterocycles. The zero-order valence-corrected chi connectivity index (χ0v) is 12.6. The lowest BCUT2D eigenvalue weighted by Gasteiger charge is -2.46. The molecule has 0 aliphatic carbocycles. The number of likely N-dealkylation sites (N-methyl/N-ethyl adjacent to an activating group) is 1. The molecule has 1 aromatic rings. The van der Waals surface area contributed by atoms with Crippen LogP contribution in [-0.4, -0.2) is 60.6 Å². The lowest BCUT2D eigenvalue weighted by Crippen LogP contribution is -2.58. The molecule has 2 saturated heterocycles. The molecule has 2 fully saturated rings. The maximum atomic E-state index is 11.6. The molecule has 7 heteroatoms. The standard InChI is InChI=1S/C15H20N4O3/c1-18-10-15(22-9-12(18)20)4-7-19(8-5-15)14-11(13(16)21)3-2-6-17-14/h2-3,6H,4-5,7-10H2,1H3,(H2,16,21). The summed E-state index contributed by atoms with van der Waals surface area (Å²) in [7, 11) is 1.81. The van der Waals surface area contributed by atoms with E-state index < -0.39 is 5.91 Å². The molecule has 3 rings (SSSR count). The number of ether oxygens (including phenoxy) is 1. The summed E-state index contributed by atoms with van der Waals surface area (Å²) in [5.41, 5.74) is 5.58. The summed E-state index contributed by atoms with van der Waals surface area (Å²) in [4.78, 5) is 31.2. The number of anilines is 1. The van der Waals surface area contributed by atoms with Crippen LogP contribution in [0.4, 0.5) is 5.82 Å². The Balaban J connectivity index is 1.72. The molecular formula is C15H20N4O3. The molecule has 22 heavy (non-hydrogen) atoms. The number of amides is 2. The van der Waals surface area contributed by atoms with Crippen LogP contribution in [0.3, 0.4) is 0 Å². The summed E-state index contributed by atoms with van der Waals surface area (Å²) in [6.45, 7) is 2.20. The Morgan fingerprint density at radius 2 is 2.14 bits per heavy atom. The lowest BCUT2D eigenvalue weighted by molar-refractivity contribution is -0.164. The molecule has 0 bridgehead atoms. The van der Waals surface area contributed by atoms with E-state index in [2.05, 4.69) is 9.88 Å². The summed E-state index contributed by atoms with van der Waals surface area (Å²) in [5, 5.41) is 0. The van der Waals surface area contributed by atoms with Crippen molar-refractivity contribution >= 4 is 17.6 Å². The second-order valence-corrected chi connectivity index (χ2v) is 5.95. The number of primary amides is 1. The van der Waals surface area contributed by atoms with E-state index in [1.807, 2.05) is 7.05 Å². The predicted octanol–water partition coefficient (Wildman–Crippen LogP) is 0.00810. The van der Waals surface area contributed by atoms with E-state index in [0.29, 0.717) is 17.9 Å². The number of hydrogen-bond donors (Lipinski definition) is 1. The van der Waals surface area contributed by atoms with Gasteiger partial charge in [0.2, 0.25) is 5.91 Å². The second kappa shape index (κ2) is 5.57. The maximum absolute atomic E-state index is 11.6. The zero-order valence-electron chi connectivity index (χ0n) is 12.6. The average Bonchev–Trinajstić information content (AvgIpc) is 2.52. The van der Waals surface area contributed by atoms with E-state index in [-0.39, 0.29) is 18.1 Å². The van der Waals surface area contributed by atoms with Crippen LogP contribution in [-0.2, 0) is 9.53 Å². The fraction of sp³-hybridized carbons (Fsp3) is 0.533. The topological polar surface area (TPSA) is 88.8 Å². The first-order valence-corrected chi connectivity index (χ1v) is 7.38. The van der Waals surface area contributed by atoms with Crippen molar-refractivity contribution in [3.63, 3.8) is 0 Å². The first kappa shape index (κ1) is 14.8. The highest BCUT2D eigenvalue weighted by molar-refractivity contribution is 5.97. The van der Waals surface area contributed by atoms with Gasteiger partial charge < -0.3 is 20.3 Å². The molecule has 2 aliphatic rings. The number of hydrogen-bond acceptors (Lipinski definition) is 5. The predicted molar refractivity (Wildman–Crippen MR) is 80.5 cm³/mol. The molecule has 7 nitrogen and oxygen atoms in total. The number of rotatable bonds is 2. The van der Waals surface area contributed by atoms with Gasteiger partial charge in [-0.15, -0.1) is 0 Å². The van der Waals surface area contributed by atoms with Crippen LogP contribution in [0.1, 0.15) is 23.2 Å². The van der Waals surface area contributed by atoms with Gasteiger partial charge in [0.15, 0.2) is 0 Å². The molecule has 2 aliphatic heterocycles. The van der Waals surface area contributed by atoms with E-state index >= 15 is 0 Å². The summed E-state index contributed by atoms with van der Waals surface area (Å²) in [6, 6.07) is 3.40. The van der Waals surface area contributed by atoms with Crippen molar-refractivity contribution in [3.8, 4) is 0 Å². The van der Waals surface area contributed by atoms with Crippen molar-refractivity contribution < 1.29 is 14.3 Å². The largest absolute Gasteiger partial charge is 0.365 e. The first-order chi connectivity index (χ1) is 10.5. The second-order valence-electron chi connectivity index (χ2n) is 5.95. The van der Waals surface area contributed by atoms with E-state index in [1.54, 1.807) is 23.2 Å². The van der Waals surface area contributed by atoms with Crippen molar-refractivity contribution in [2.75, 3.05) is 38.2 Å². The highest BCUT2D eigenvalue weighted by Gasteiger charge is 2.41. The quantitative estimate of drug-likeness (QED) is 0.831. The van der Waals surface area contributed by atoms with E-state index in [4.69, 9.17) is 10.5 Å². The van der Waals surface area contributed by atoms with Crippen molar-refractivity contribution in [1.82, 2.24) is 9.88 Å². The smallest absolute Gasteiger partial charge is 0.252 e.